The molecule has 5 rings (SSSR count). The lowest BCUT2D eigenvalue weighted by atomic mass is 9.89. The molecule has 1 aliphatic rings. The average molecular weight is 653 g/mol. The number of thiophene rings is 1. The van der Waals surface area contributed by atoms with Gasteiger partial charge in [0.25, 0.3) is 5.91 Å². The first-order chi connectivity index (χ1) is 21.4. The van der Waals surface area contributed by atoms with E-state index in [4.69, 9.17) is 26.8 Å². The van der Waals surface area contributed by atoms with E-state index in [1.807, 2.05) is 49.9 Å². The van der Waals surface area contributed by atoms with Crippen LogP contribution in [0, 0.1) is 5.82 Å². The third kappa shape index (κ3) is 7.17. The summed E-state index contributed by atoms with van der Waals surface area (Å²) in [4.78, 5) is 35.2. The summed E-state index contributed by atoms with van der Waals surface area (Å²) in [6, 6.07) is 14.0. The Morgan fingerprint density at radius 3 is 2.38 bits per heavy atom. The van der Waals surface area contributed by atoms with Crippen LogP contribution in [0.25, 0.3) is 21.2 Å². The fourth-order valence-electron chi connectivity index (χ4n) is 5.79. The molecular weight excluding hydrogens is 615 g/mol. The maximum Gasteiger partial charge on any atom is 0.410 e. The predicted octanol–water partition coefficient (Wildman–Crippen LogP) is 8.17. The van der Waals surface area contributed by atoms with Gasteiger partial charge in [-0.15, -0.1) is 11.3 Å². The minimum absolute atomic E-state index is 0.0223. The van der Waals surface area contributed by atoms with Gasteiger partial charge in [0, 0.05) is 53.1 Å². The Kier molecular flexibility index (Phi) is 9.55. The zero-order valence-corrected chi connectivity index (χ0v) is 27.7. The lowest BCUT2D eigenvalue weighted by molar-refractivity contribution is 0.0144. The molecule has 1 fully saturated rings. The number of fused-ring (bicyclic) bond motifs is 1. The highest BCUT2D eigenvalue weighted by Crippen LogP contribution is 2.40. The van der Waals surface area contributed by atoms with Gasteiger partial charge in [0.2, 0.25) is 0 Å². The van der Waals surface area contributed by atoms with Gasteiger partial charge in [-0.1, -0.05) is 23.7 Å². The Hall–Kier alpha value is -3.89. The number of ether oxygens (including phenoxy) is 2. The molecule has 8 nitrogen and oxygen atoms in total. The second-order valence-corrected chi connectivity index (χ2v) is 13.8. The quantitative estimate of drug-likeness (QED) is 0.216. The van der Waals surface area contributed by atoms with E-state index < -0.39 is 11.4 Å². The fourth-order valence-corrected chi connectivity index (χ4v) is 7.30. The van der Waals surface area contributed by atoms with E-state index in [2.05, 4.69) is 4.98 Å². The number of nitrogen functional groups attached to an aromatic ring is 1. The first kappa shape index (κ1) is 32.5. The molecule has 0 radical (unpaired) electrons. The van der Waals surface area contributed by atoms with E-state index in [0.29, 0.717) is 46.8 Å². The van der Waals surface area contributed by atoms with Crippen LogP contribution in [-0.4, -0.2) is 58.6 Å². The summed E-state index contributed by atoms with van der Waals surface area (Å²) < 4.78 is 26.7. The minimum Gasteiger partial charge on any atom is -0.496 e. The topological polar surface area (TPSA) is 98.0 Å². The van der Waals surface area contributed by atoms with Crippen molar-refractivity contribution in [2.24, 2.45) is 0 Å². The van der Waals surface area contributed by atoms with Crippen LogP contribution in [0.1, 0.15) is 61.7 Å². The second kappa shape index (κ2) is 13.2. The first-order valence-electron chi connectivity index (χ1n) is 14.9. The van der Waals surface area contributed by atoms with Gasteiger partial charge >= 0.3 is 6.09 Å². The van der Waals surface area contributed by atoms with Gasteiger partial charge in [0.1, 0.15) is 27.9 Å². The maximum atomic E-state index is 14.8. The van der Waals surface area contributed by atoms with Crippen molar-refractivity contribution in [1.29, 1.82) is 0 Å². The Bertz CT molecular complexity index is 1700. The maximum absolute atomic E-state index is 14.8. The summed E-state index contributed by atoms with van der Waals surface area (Å²) in [7, 11) is 3.36. The molecule has 0 spiro atoms. The molecule has 2 amide bonds. The smallest absolute Gasteiger partial charge is 0.410 e. The Morgan fingerprint density at radius 2 is 1.76 bits per heavy atom. The number of nitrogens with zero attached hydrogens (tertiary/aromatic N) is 3. The molecule has 0 saturated heterocycles. The van der Waals surface area contributed by atoms with E-state index in [1.54, 1.807) is 43.5 Å². The van der Waals surface area contributed by atoms with E-state index >= 15 is 0 Å². The normalized spacial score (nSPS) is 16.8. The molecule has 2 aromatic carbocycles. The number of carbonyl (C=O) groups excluding carboxylic acids is 2. The molecule has 11 heteroatoms. The highest BCUT2D eigenvalue weighted by Gasteiger charge is 2.35. The molecule has 2 heterocycles. The van der Waals surface area contributed by atoms with Gasteiger partial charge in [-0.3, -0.25) is 4.79 Å². The Morgan fingerprint density at radius 1 is 1.07 bits per heavy atom. The average Bonchev–Trinajstić information content (AvgIpc) is 3.36. The van der Waals surface area contributed by atoms with Crippen LogP contribution in [0.3, 0.4) is 0 Å². The molecule has 2 aromatic heterocycles. The number of pyridine rings is 1. The van der Waals surface area contributed by atoms with E-state index in [0.717, 1.165) is 16.7 Å². The standard InChI is InChI=1S/C34H38ClFN4O4S/c1-34(2,3)44-33(42)39(4)23-11-13-24(14-12-23)40(32(41)31-30(35)29-25(36)7-6-8-27(29)45-31)19-22-17-20(9-15-26(22)43-5)21-10-16-28(37)38-18-21/h6-10,15-18,23-24H,11-14,19H2,1-5H3,(H2,37,38). The largest absolute Gasteiger partial charge is 0.496 e. The van der Waals surface area contributed by atoms with Crippen LogP contribution in [0.15, 0.2) is 54.7 Å². The lowest BCUT2D eigenvalue weighted by Crippen LogP contribution is -2.47. The number of carbonyl (C=O) groups is 2. The molecule has 0 bridgehead atoms. The number of amides is 2. The molecule has 1 aliphatic carbocycles. The van der Waals surface area contributed by atoms with E-state index in [9.17, 15) is 14.0 Å². The summed E-state index contributed by atoms with van der Waals surface area (Å²) in [5, 5.41) is 0.376. The number of aromatic nitrogens is 1. The van der Waals surface area contributed by atoms with E-state index in [1.165, 1.54) is 17.4 Å². The van der Waals surface area contributed by atoms with Crippen LogP contribution in [0.5, 0.6) is 5.75 Å². The van der Waals surface area contributed by atoms with Gasteiger partial charge in [-0.05, 0) is 88.4 Å². The summed E-state index contributed by atoms with van der Waals surface area (Å²) in [5.74, 6) is 0.322. The fraction of sp³-hybridized carbons (Fsp3) is 0.382. The monoisotopic (exact) mass is 652 g/mol. The van der Waals surface area contributed by atoms with Crippen LogP contribution in [0.2, 0.25) is 5.02 Å². The van der Waals surface area contributed by atoms with Crippen LogP contribution in [-0.2, 0) is 11.3 Å². The molecule has 4 aromatic rings. The summed E-state index contributed by atoms with van der Waals surface area (Å²) in [5.41, 5.74) is 7.78. The number of benzene rings is 2. The van der Waals surface area contributed by atoms with Crippen molar-refractivity contribution in [3.63, 3.8) is 0 Å². The molecule has 1 saturated carbocycles. The highest BCUT2D eigenvalue weighted by molar-refractivity contribution is 7.21. The Balaban J connectivity index is 1.47. The van der Waals surface area contributed by atoms with Crippen LogP contribution < -0.4 is 10.5 Å². The summed E-state index contributed by atoms with van der Waals surface area (Å²) in [6.07, 6.45) is 4.03. The van der Waals surface area contributed by atoms with Gasteiger partial charge < -0.3 is 25.0 Å². The lowest BCUT2D eigenvalue weighted by Gasteiger charge is -2.40. The number of rotatable bonds is 7. The zero-order chi connectivity index (χ0) is 32.5. The number of methoxy groups -OCH3 is 1. The minimum atomic E-state index is -0.592. The summed E-state index contributed by atoms with van der Waals surface area (Å²) >= 11 is 7.89. The van der Waals surface area contributed by atoms with Crippen LogP contribution >= 0.6 is 22.9 Å². The van der Waals surface area contributed by atoms with Crippen molar-refractivity contribution < 1.29 is 23.5 Å². The third-order valence-corrected chi connectivity index (χ3v) is 9.77. The molecule has 0 aliphatic heterocycles. The summed E-state index contributed by atoms with van der Waals surface area (Å²) in [6.45, 7) is 5.77. The molecule has 0 atom stereocenters. The number of halogens is 2. The highest BCUT2D eigenvalue weighted by atomic mass is 35.5. The molecule has 0 unspecified atom stereocenters. The third-order valence-electron chi connectivity index (χ3n) is 8.14. The van der Waals surface area contributed by atoms with Crippen molar-refractivity contribution in [2.75, 3.05) is 19.9 Å². The SMILES string of the molecule is COc1ccc(-c2ccc(N)nc2)cc1CN(C(=O)c1sc2cccc(F)c2c1Cl)C1CCC(N(C)C(=O)OC(C)(C)C)CC1. The number of nitrogens with two attached hydrogens (primary N) is 1. The first-order valence-corrected chi connectivity index (χ1v) is 16.1. The van der Waals surface area contributed by atoms with Crippen molar-refractivity contribution in [1.82, 2.24) is 14.8 Å². The predicted molar refractivity (Wildman–Crippen MR) is 177 cm³/mol. The van der Waals surface area contributed by atoms with Gasteiger partial charge in [0.05, 0.1) is 12.1 Å². The number of hydrogen-bond donors (Lipinski definition) is 1. The molecule has 45 heavy (non-hydrogen) atoms. The molecule has 2 N–H and O–H groups in total. The zero-order valence-electron chi connectivity index (χ0n) is 26.1. The number of hydrogen-bond acceptors (Lipinski definition) is 7. The van der Waals surface area contributed by atoms with Crippen molar-refractivity contribution in [3.05, 3.63) is 76.0 Å². The van der Waals surface area contributed by atoms with E-state index in [-0.39, 0.29) is 41.0 Å². The Labute approximate surface area is 271 Å². The van der Waals surface area contributed by atoms with Gasteiger partial charge in [-0.25, -0.2) is 14.2 Å². The molecule has 238 valence electrons. The number of anilines is 1. The van der Waals surface area contributed by atoms with Crippen molar-refractivity contribution in [2.45, 2.75) is 70.7 Å². The van der Waals surface area contributed by atoms with Gasteiger partial charge in [0.15, 0.2) is 0 Å². The van der Waals surface area contributed by atoms with Crippen molar-refractivity contribution in [3.8, 4) is 16.9 Å². The second-order valence-electron chi connectivity index (χ2n) is 12.3. The van der Waals surface area contributed by atoms with Gasteiger partial charge in [-0.2, -0.15) is 0 Å². The van der Waals surface area contributed by atoms with Crippen LogP contribution in [0.4, 0.5) is 15.0 Å². The molecular formula is C34H38ClFN4O4S. The van der Waals surface area contributed by atoms with Crippen molar-refractivity contribution >= 4 is 50.8 Å².